The number of benzene rings is 2. The van der Waals surface area contributed by atoms with Crippen LogP contribution in [0, 0.1) is 0 Å². The molecule has 2 aromatic heterocycles. The van der Waals surface area contributed by atoms with E-state index < -0.39 is 0 Å². The van der Waals surface area contributed by atoms with E-state index >= 15 is 0 Å². The van der Waals surface area contributed by atoms with E-state index in [9.17, 15) is 9.59 Å². The molecule has 0 N–H and O–H groups in total. The molecule has 28 heavy (non-hydrogen) atoms. The van der Waals surface area contributed by atoms with Crippen LogP contribution >= 0.6 is 27.7 Å². The Balaban J connectivity index is 1.74. The topological polar surface area (TPSA) is 82.7 Å². The Morgan fingerprint density at radius 3 is 2.68 bits per heavy atom. The van der Waals surface area contributed by atoms with E-state index in [1.165, 1.54) is 16.4 Å². The van der Waals surface area contributed by atoms with Gasteiger partial charge in [-0.3, -0.25) is 14.2 Å². The Labute approximate surface area is 172 Å². The van der Waals surface area contributed by atoms with Gasteiger partial charge in [0.05, 0.1) is 22.2 Å². The number of thioether (sulfide) groups is 1. The number of aromatic nitrogens is 5. The zero-order chi connectivity index (χ0) is 19.7. The third kappa shape index (κ3) is 3.47. The summed E-state index contributed by atoms with van der Waals surface area (Å²) in [5, 5.41) is 9.74. The van der Waals surface area contributed by atoms with Crippen molar-refractivity contribution < 1.29 is 0 Å². The molecule has 7 nitrogen and oxygen atoms in total. The highest BCUT2D eigenvalue weighted by Crippen LogP contribution is 2.21. The molecule has 0 amide bonds. The highest BCUT2D eigenvalue weighted by Gasteiger charge is 2.13. The quantitative estimate of drug-likeness (QED) is 0.337. The van der Waals surface area contributed by atoms with E-state index in [-0.39, 0.29) is 17.0 Å². The maximum atomic E-state index is 12.9. The smallest absolute Gasteiger partial charge is 0.278 e. The Morgan fingerprint density at radius 2 is 1.86 bits per heavy atom. The van der Waals surface area contributed by atoms with E-state index in [4.69, 9.17) is 0 Å². The molecular formula is C19H16BrN5O2S. The standard InChI is InChI=1S/C19H16BrN5O2S/c1-2-9-24-17(26)14-10-12(20)7-8-15(14)21-19(24)28-11-25-18(27)13-5-3-4-6-16(13)22-23-25/h3-8,10H,2,9,11H2,1H3. The predicted octanol–water partition coefficient (Wildman–Crippen LogP) is 3.42. The summed E-state index contributed by atoms with van der Waals surface area (Å²) >= 11 is 4.70. The molecule has 2 aromatic carbocycles. The first kappa shape index (κ1) is 18.8. The van der Waals surface area contributed by atoms with Crippen LogP contribution in [0.15, 0.2) is 61.7 Å². The number of rotatable bonds is 5. The molecular weight excluding hydrogens is 442 g/mol. The van der Waals surface area contributed by atoms with Crippen molar-refractivity contribution in [3.05, 3.63) is 67.6 Å². The average Bonchev–Trinajstić information content (AvgIpc) is 2.71. The molecule has 0 fully saturated rings. The predicted molar refractivity (Wildman–Crippen MR) is 114 cm³/mol. The van der Waals surface area contributed by atoms with Crippen LogP contribution in [0.3, 0.4) is 0 Å². The molecule has 0 saturated carbocycles. The molecule has 0 aliphatic rings. The Hall–Kier alpha value is -2.52. The summed E-state index contributed by atoms with van der Waals surface area (Å²) in [4.78, 5) is 30.2. The number of nitrogens with zero attached hydrogens (tertiary/aromatic N) is 5. The largest absolute Gasteiger partial charge is 0.287 e. The summed E-state index contributed by atoms with van der Waals surface area (Å²) in [6.45, 7) is 2.56. The molecule has 142 valence electrons. The van der Waals surface area contributed by atoms with Gasteiger partial charge in [-0.2, -0.15) is 4.68 Å². The van der Waals surface area contributed by atoms with Gasteiger partial charge in [0.1, 0.15) is 5.52 Å². The second-order valence-corrected chi connectivity index (χ2v) is 8.03. The SMILES string of the molecule is CCCn1c(SCn2nnc3ccccc3c2=O)nc2ccc(Br)cc2c1=O. The lowest BCUT2D eigenvalue weighted by Crippen LogP contribution is -2.26. The van der Waals surface area contributed by atoms with Gasteiger partial charge in [-0.05, 0) is 36.8 Å². The molecule has 9 heteroatoms. The van der Waals surface area contributed by atoms with Crippen LogP contribution < -0.4 is 11.1 Å². The fourth-order valence-electron chi connectivity index (χ4n) is 2.93. The van der Waals surface area contributed by atoms with Gasteiger partial charge in [0.25, 0.3) is 11.1 Å². The fraction of sp³-hybridized carbons (Fsp3) is 0.211. The summed E-state index contributed by atoms with van der Waals surface area (Å²) in [7, 11) is 0. The van der Waals surface area contributed by atoms with Crippen LogP contribution in [-0.4, -0.2) is 24.5 Å². The van der Waals surface area contributed by atoms with Crippen molar-refractivity contribution in [1.82, 2.24) is 24.5 Å². The van der Waals surface area contributed by atoms with Crippen molar-refractivity contribution in [2.75, 3.05) is 0 Å². The summed E-state index contributed by atoms with van der Waals surface area (Å²) in [6, 6.07) is 12.5. The van der Waals surface area contributed by atoms with Crippen molar-refractivity contribution in [1.29, 1.82) is 0 Å². The molecule has 0 radical (unpaired) electrons. The molecule has 4 rings (SSSR count). The van der Waals surface area contributed by atoms with E-state index in [0.717, 1.165) is 10.9 Å². The molecule has 0 unspecified atom stereocenters. The molecule has 0 spiro atoms. The second kappa shape index (κ2) is 7.84. The number of hydrogen-bond donors (Lipinski definition) is 0. The van der Waals surface area contributed by atoms with Crippen molar-refractivity contribution in [2.45, 2.75) is 30.9 Å². The van der Waals surface area contributed by atoms with Gasteiger partial charge in [0.15, 0.2) is 5.16 Å². The normalized spacial score (nSPS) is 11.4. The Bertz CT molecular complexity index is 1300. The van der Waals surface area contributed by atoms with Crippen LogP contribution in [0.2, 0.25) is 0 Å². The van der Waals surface area contributed by atoms with Crippen LogP contribution in [0.5, 0.6) is 0 Å². The number of hydrogen-bond acceptors (Lipinski definition) is 6. The third-order valence-corrected chi connectivity index (χ3v) is 5.71. The Morgan fingerprint density at radius 1 is 1.04 bits per heavy atom. The first-order valence-corrected chi connectivity index (χ1v) is 10.5. The molecule has 0 bridgehead atoms. The number of fused-ring (bicyclic) bond motifs is 2. The average molecular weight is 458 g/mol. The molecule has 0 aliphatic heterocycles. The summed E-state index contributed by atoms with van der Waals surface area (Å²) in [6.07, 6.45) is 0.796. The fourth-order valence-corrected chi connectivity index (χ4v) is 4.19. The minimum Gasteiger partial charge on any atom is -0.287 e. The maximum Gasteiger partial charge on any atom is 0.278 e. The molecule has 0 saturated heterocycles. The van der Waals surface area contributed by atoms with E-state index in [1.54, 1.807) is 28.8 Å². The van der Waals surface area contributed by atoms with E-state index in [1.807, 2.05) is 25.1 Å². The van der Waals surface area contributed by atoms with Crippen LogP contribution in [-0.2, 0) is 12.4 Å². The highest BCUT2D eigenvalue weighted by molar-refractivity contribution is 9.10. The molecule has 0 atom stereocenters. The zero-order valence-corrected chi connectivity index (χ0v) is 17.4. The van der Waals surface area contributed by atoms with Gasteiger partial charge in [-0.15, -0.1) is 5.10 Å². The molecule has 4 aromatic rings. The van der Waals surface area contributed by atoms with Gasteiger partial charge in [0.2, 0.25) is 0 Å². The van der Waals surface area contributed by atoms with Crippen LogP contribution in [0.4, 0.5) is 0 Å². The minimum absolute atomic E-state index is 0.0902. The van der Waals surface area contributed by atoms with Crippen molar-refractivity contribution in [2.24, 2.45) is 0 Å². The van der Waals surface area contributed by atoms with Crippen molar-refractivity contribution >= 4 is 49.5 Å². The monoisotopic (exact) mass is 457 g/mol. The molecule has 0 aliphatic carbocycles. The first-order valence-electron chi connectivity index (χ1n) is 8.74. The third-order valence-electron chi connectivity index (χ3n) is 4.27. The minimum atomic E-state index is -0.216. The van der Waals surface area contributed by atoms with Gasteiger partial charge >= 0.3 is 0 Å². The van der Waals surface area contributed by atoms with E-state index in [2.05, 4.69) is 31.2 Å². The van der Waals surface area contributed by atoms with E-state index in [0.29, 0.717) is 33.5 Å². The molecule has 2 heterocycles. The summed E-state index contributed by atoms with van der Waals surface area (Å²) in [5.74, 6) is 0.217. The zero-order valence-electron chi connectivity index (χ0n) is 15.0. The Kier molecular flexibility index (Phi) is 5.27. The lowest BCUT2D eigenvalue weighted by atomic mass is 10.2. The highest BCUT2D eigenvalue weighted by atomic mass is 79.9. The summed E-state index contributed by atoms with van der Waals surface area (Å²) in [5.41, 5.74) is 0.880. The first-order chi connectivity index (χ1) is 13.6. The lowest BCUT2D eigenvalue weighted by molar-refractivity contribution is 0.580. The second-order valence-electron chi connectivity index (χ2n) is 6.20. The van der Waals surface area contributed by atoms with Crippen LogP contribution in [0.25, 0.3) is 21.8 Å². The maximum absolute atomic E-state index is 12.9. The summed E-state index contributed by atoms with van der Waals surface area (Å²) < 4.78 is 3.78. The van der Waals surface area contributed by atoms with Gasteiger partial charge in [0, 0.05) is 11.0 Å². The lowest BCUT2D eigenvalue weighted by Gasteiger charge is -2.12. The van der Waals surface area contributed by atoms with Crippen LogP contribution in [0.1, 0.15) is 13.3 Å². The number of halogens is 1. The van der Waals surface area contributed by atoms with Gasteiger partial charge < -0.3 is 0 Å². The van der Waals surface area contributed by atoms with Gasteiger partial charge in [-0.25, -0.2) is 4.98 Å². The van der Waals surface area contributed by atoms with Crippen molar-refractivity contribution in [3.8, 4) is 0 Å². The van der Waals surface area contributed by atoms with Gasteiger partial charge in [-0.1, -0.05) is 52.0 Å². The van der Waals surface area contributed by atoms with Crippen molar-refractivity contribution in [3.63, 3.8) is 0 Å².